The molecule has 0 aliphatic rings. The predicted octanol–water partition coefficient (Wildman–Crippen LogP) is 12.0. The average Bonchev–Trinajstić information content (AvgIpc) is 3.86. The van der Waals surface area contributed by atoms with Gasteiger partial charge < -0.3 is 9.13 Å². The second kappa shape index (κ2) is 9.04. The highest BCUT2D eigenvalue weighted by Crippen LogP contribution is 2.51. The lowest BCUT2D eigenvalue weighted by Gasteiger charge is -2.11. The van der Waals surface area contributed by atoms with Crippen LogP contribution in [-0.2, 0) is 0 Å². The zero-order chi connectivity index (χ0) is 29.9. The van der Waals surface area contributed by atoms with Gasteiger partial charge in [0.25, 0.3) is 0 Å². The smallest absolute Gasteiger partial charge is 0.124 e. The Kier molecular flexibility index (Phi) is 4.87. The highest BCUT2D eigenvalue weighted by atomic mass is 32.1. The molecule has 11 aromatic rings. The zero-order valence-electron chi connectivity index (χ0n) is 24.4. The predicted molar refractivity (Wildman–Crippen MR) is 199 cm³/mol. The van der Waals surface area contributed by atoms with Crippen molar-refractivity contribution < 1.29 is 0 Å². The Bertz CT molecular complexity index is 3030. The van der Waals surface area contributed by atoms with Gasteiger partial charge in [0, 0.05) is 70.1 Å². The topological polar surface area (TPSA) is 22.8 Å². The molecular weight excluding hydrogens is 599 g/mol. The van der Waals surface area contributed by atoms with Crippen molar-refractivity contribution in [2.75, 3.05) is 0 Å². The number of aromatic nitrogens is 3. The summed E-state index contributed by atoms with van der Waals surface area (Å²) in [5.74, 6) is 0. The van der Waals surface area contributed by atoms with Crippen LogP contribution < -0.4 is 0 Å². The van der Waals surface area contributed by atoms with E-state index in [1.165, 1.54) is 84.9 Å². The van der Waals surface area contributed by atoms with Gasteiger partial charge in [-0.1, -0.05) is 72.8 Å². The van der Waals surface area contributed by atoms with E-state index in [-0.39, 0.29) is 0 Å². The average molecular weight is 622 g/mol. The molecule has 3 nitrogen and oxygen atoms in total. The van der Waals surface area contributed by atoms with Gasteiger partial charge >= 0.3 is 0 Å². The molecule has 11 rings (SSSR count). The van der Waals surface area contributed by atoms with Crippen LogP contribution in [0.15, 0.2) is 140 Å². The molecule has 0 aliphatic heterocycles. The molecular formula is C41H23N3S2. The first-order chi connectivity index (χ1) is 22.8. The van der Waals surface area contributed by atoms with Gasteiger partial charge in [0.15, 0.2) is 0 Å². The third-order valence-corrected chi connectivity index (χ3v) is 11.8. The van der Waals surface area contributed by atoms with E-state index in [2.05, 4.69) is 143 Å². The van der Waals surface area contributed by atoms with E-state index < -0.39 is 0 Å². The highest BCUT2D eigenvalue weighted by molar-refractivity contribution is 7.26. The Morgan fingerprint density at radius 1 is 0.435 bits per heavy atom. The minimum atomic E-state index is 1.07. The number of thiophene rings is 2. The van der Waals surface area contributed by atoms with Gasteiger partial charge in [-0.25, -0.2) is 4.98 Å². The van der Waals surface area contributed by atoms with E-state index in [1.807, 2.05) is 28.9 Å². The van der Waals surface area contributed by atoms with Crippen LogP contribution in [0.4, 0.5) is 0 Å². The van der Waals surface area contributed by atoms with Crippen LogP contribution in [0.2, 0.25) is 0 Å². The third-order valence-electron chi connectivity index (χ3n) is 9.55. The summed E-state index contributed by atoms with van der Waals surface area (Å²) in [7, 11) is 0. The fourth-order valence-electron chi connectivity index (χ4n) is 7.74. The van der Waals surface area contributed by atoms with E-state index in [0.29, 0.717) is 0 Å². The Morgan fingerprint density at radius 3 is 1.91 bits per heavy atom. The molecule has 5 aromatic heterocycles. The van der Waals surface area contributed by atoms with Crippen molar-refractivity contribution in [3.63, 3.8) is 0 Å². The van der Waals surface area contributed by atoms with E-state index in [4.69, 9.17) is 4.98 Å². The molecule has 5 heteroatoms. The van der Waals surface area contributed by atoms with Gasteiger partial charge in [-0.05, 0) is 60.7 Å². The van der Waals surface area contributed by atoms with Gasteiger partial charge in [-0.15, -0.1) is 22.7 Å². The van der Waals surface area contributed by atoms with Crippen LogP contribution in [-0.4, -0.2) is 14.1 Å². The lowest BCUT2D eigenvalue weighted by atomic mass is 10.0. The third kappa shape index (κ3) is 3.13. The van der Waals surface area contributed by atoms with Crippen molar-refractivity contribution in [1.82, 2.24) is 14.1 Å². The van der Waals surface area contributed by atoms with Crippen molar-refractivity contribution in [2.45, 2.75) is 0 Å². The van der Waals surface area contributed by atoms with Crippen molar-refractivity contribution >= 4 is 107 Å². The van der Waals surface area contributed by atoms with E-state index in [0.717, 1.165) is 10.5 Å². The lowest BCUT2D eigenvalue weighted by molar-refractivity contribution is 1.18. The maximum Gasteiger partial charge on any atom is 0.124 e. The summed E-state index contributed by atoms with van der Waals surface area (Å²) in [5.41, 5.74) is 7.25. The molecule has 214 valence electrons. The van der Waals surface area contributed by atoms with Crippen molar-refractivity contribution in [1.29, 1.82) is 0 Å². The van der Waals surface area contributed by atoms with E-state index in [1.54, 1.807) is 0 Å². The highest BCUT2D eigenvalue weighted by Gasteiger charge is 2.27. The number of hydrogen-bond acceptors (Lipinski definition) is 3. The monoisotopic (exact) mass is 621 g/mol. The van der Waals surface area contributed by atoms with Crippen molar-refractivity contribution in [2.24, 2.45) is 0 Å². The summed E-state index contributed by atoms with van der Waals surface area (Å²) < 4.78 is 8.91. The Labute approximate surface area is 270 Å². The van der Waals surface area contributed by atoms with Gasteiger partial charge in [0.1, 0.15) is 4.83 Å². The summed E-state index contributed by atoms with van der Waals surface area (Å²) in [5, 5.41) is 10.2. The number of nitrogens with zero attached hydrogens (tertiary/aromatic N) is 3. The number of pyridine rings is 1. The first kappa shape index (κ1) is 24.8. The minimum absolute atomic E-state index is 1.07. The standard InChI is InChI=1S/C41H23N3S2/c1-2-11-24(12-3-1)43-31-17-7-4-14-27(31)35-36-29-16-10-22-42-41(29)46-40(36)39-37(38(35)43)28-15-5-8-18-32(28)44(39)25-20-21-34-30(23-25)26-13-6-9-19-33(26)45-34/h1-23H. The van der Waals surface area contributed by atoms with Crippen LogP contribution in [0, 0.1) is 0 Å². The fraction of sp³-hybridized carbons (Fsp3) is 0. The molecule has 0 N–H and O–H groups in total. The number of hydrogen-bond donors (Lipinski definition) is 0. The fourth-order valence-corrected chi connectivity index (χ4v) is 10.0. The van der Waals surface area contributed by atoms with E-state index in [9.17, 15) is 0 Å². The molecule has 0 amide bonds. The van der Waals surface area contributed by atoms with Crippen molar-refractivity contribution in [3.05, 3.63) is 140 Å². The second-order valence-corrected chi connectivity index (χ2v) is 14.0. The SMILES string of the molecule is c1ccc(-n2c3ccccc3c3c4c5cccnc5sc4c4c(c5ccccc5n4-c4ccc5sc6ccccc6c5c4)c32)cc1. The molecule has 0 radical (unpaired) electrons. The number of benzene rings is 6. The molecule has 0 spiro atoms. The van der Waals surface area contributed by atoms with Crippen LogP contribution >= 0.6 is 22.7 Å². The van der Waals surface area contributed by atoms with Crippen LogP contribution in [0.25, 0.3) is 95.5 Å². The molecule has 5 heterocycles. The molecule has 0 unspecified atom stereocenters. The Morgan fingerprint density at radius 2 is 1.09 bits per heavy atom. The van der Waals surface area contributed by atoms with Crippen LogP contribution in [0.5, 0.6) is 0 Å². The molecule has 0 bridgehead atoms. The summed E-state index contributed by atoms with van der Waals surface area (Å²) >= 11 is 3.68. The molecule has 0 fully saturated rings. The van der Waals surface area contributed by atoms with Crippen LogP contribution in [0.3, 0.4) is 0 Å². The zero-order valence-corrected chi connectivity index (χ0v) is 26.1. The molecule has 0 aliphatic carbocycles. The molecule has 0 saturated heterocycles. The summed E-state index contributed by atoms with van der Waals surface area (Å²) in [4.78, 5) is 5.97. The molecule has 46 heavy (non-hydrogen) atoms. The summed E-state index contributed by atoms with van der Waals surface area (Å²) in [6.45, 7) is 0. The first-order valence-electron chi connectivity index (χ1n) is 15.5. The molecule has 0 atom stereocenters. The Balaban J connectivity index is 1.45. The second-order valence-electron chi connectivity index (χ2n) is 11.9. The summed E-state index contributed by atoms with van der Waals surface area (Å²) in [6, 6.07) is 48.7. The summed E-state index contributed by atoms with van der Waals surface area (Å²) in [6.07, 6.45) is 1.92. The number of rotatable bonds is 2. The van der Waals surface area contributed by atoms with Gasteiger partial charge in [0.05, 0.1) is 26.8 Å². The quantitative estimate of drug-likeness (QED) is 0.188. The molecule has 0 saturated carbocycles. The Hall–Kier alpha value is -5.49. The first-order valence-corrected chi connectivity index (χ1v) is 17.1. The number of fused-ring (bicyclic) bond motifs is 15. The van der Waals surface area contributed by atoms with Crippen LogP contribution in [0.1, 0.15) is 0 Å². The van der Waals surface area contributed by atoms with Gasteiger partial charge in [-0.2, -0.15) is 0 Å². The van der Waals surface area contributed by atoms with E-state index >= 15 is 0 Å². The van der Waals surface area contributed by atoms with Gasteiger partial charge in [0.2, 0.25) is 0 Å². The number of para-hydroxylation sites is 3. The maximum atomic E-state index is 4.91. The largest absolute Gasteiger partial charge is 0.309 e. The van der Waals surface area contributed by atoms with Crippen molar-refractivity contribution in [3.8, 4) is 11.4 Å². The van der Waals surface area contributed by atoms with Gasteiger partial charge in [-0.3, -0.25) is 0 Å². The maximum absolute atomic E-state index is 4.91. The normalized spacial score (nSPS) is 12.3. The lowest BCUT2D eigenvalue weighted by Crippen LogP contribution is -1.95. The minimum Gasteiger partial charge on any atom is -0.309 e. The molecule has 6 aromatic carbocycles.